The number of nitrogens with two attached hydrogens (primary N) is 1. The lowest BCUT2D eigenvalue weighted by molar-refractivity contribution is -0.119. The van der Waals surface area contributed by atoms with Crippen molar-refractivity contribution in [3.8, 4) is 0 Å². The molecule has 10 heteroatoms. The highest BCUT2D eigenvalue weighted by Gasteiger charge is 2.23. The van der Waals surface area contributed by atoms with Crippen LogP contribution in [0, 0.1) is 5.92 Å². The maximum absolute atomic E-state index is 13.3. The molecule has 2 rings (SSSR count). The third kappa shape index (κ3) is 5.88. The number of carbonyl (C=O) groups excluding carboxylic acids is 2. The molecule has 0 spiro atoms. The van der Waals surface area contributed by atoms with Crippen LogP contribution >= 0.6 is 34.3 Å². The Kier molecular flexibility index (Phi) is 7.36. The summed E-state index contributed by atoms with van der Waals surface area (Å²) < 4.78 is 19.7. The van der Waals surface area contributed by atoms with Gasteiger partial charge in [-0.25, -0.2) is 4.21 Å². The van der Waals surface area contributed by atoms with Crippen LogP contribution in [-0.2, 0) is 25.9 Å². The third-order valence-electron chi connectivity index (χ3n) is 3.24. The molecule has 0 saturated carbocycles. The molecule has 2 heterocycles. The van der Waals surface area contributed by atoms with Crippen molar-refractivity contribution >= 4 is 56.0 Å². The van der Waals surface area contributed by atoms with Gasteiger partial charge in [0, 0.05) is 10.3 Å². The summed E-state index contributed by atoms with van der Waals surface area (Å²) in [6.45, 7) is 3.85. The lowest BCUT2D eigenvalue weighted by Gasteiger charge is -2.13. The fraction of sp³-hybridized carbons (Fsp3) is 0.375. The van der Waals surface area contributed by atoms with Gasteiger partial charge in [0.1, 0.15) is 4.21 Å². The molecule has 0 aromatic carbocycles. The summed E-state index contributed by atoms with van der Waals surface area (Å²) in [7, 11) is -3.49. The summed E-state index contributed by atoms with van der Waals surface area (Å²) in [6.07, 6.45) is 0.460. The molecule has 3 N–H and O–H groups in total. The van der Waals surface area contributed by atoms with Gasteiger partial charge in [0.05, 0.1) is 17.5 Å². The monoisotopic (exact) mass is 433 g/mol. The molecule has 0 fully saturated rings. The molecule has 142 valence electrons. The van der Waals surface area contributed by atoms with Crippen LogP contribution in [0.3, 0.4) is 0 Å². The molecule has 2 atom stereocenters. The predicted molar refractivity (Wildman–Crippen MR) is 107 cm³/mol. The first-order valence-electron chi connectivity index (χ1n) is 7.83. The topological polar surface area (TPSA) is 102 Å². The summed E-state index contributed by atoms with van der Waals surface area (Å²) in [5.41, 5.74) is 5.85. The number of nitrogens with zero attached hydrogens (tertiary/aromatic N) is 1. The number of carbonyl (C=O) groups is 2. The Hall–Kier alpha value is -1.26. The molecule has 2 aromatic rings. The Morgan fingerprint density at radius 1 is 1.38 bits per heavy atom. The first-order chi connectivity index (χ1) is 12.2. The number of amides is 2. The van der Waals surface area contributed by atoms with Crippen molar-refractivity contribution in [1.29, 1.82) is 0 Å². The van der Waals surface area contributed by atoms with E-state index in [9.17, 15) is 13.8 Å². The van der Waals surface area contributed by atoms with Gasteiger partial charge in [0.15, 0.2) is 9.92 Å². The van der Waals surface area contributed by atoms with E-state index in [0.717, 1.165) is 16.2 Å². The van der Waals surface area contributed by atoms with Crippen molar-refractivity contribution in [1.82, 2.24) is 4.72 Å². The molecular weight excluding hydrogens is 414 g/mol. The molecular formula is C16H20ClN3O3S3. The lowest BCUT2D eigenvalue weighted by Crippen LogP contribution is -2.35. The quantitative estimate of drug-likeness (QED) is 0.697. The Bertz CT molecular complexity index is 884. The molecule has 6 nitrogen and oxygen atoms in total. The second-order valence-electron chi connectivity index (χ2n) is 6.06. The van der Waals surface area contributed by atoms with Gasteiger partial charge in [-0.05, 0) is 29.9 Å². The molecule has 0 radical (unpaired) electrons. The minimum Gasteiger partial charge on any atom is -0.320 e. The largest absolute Gasteiger partial charge is 0.320 e. The van der Waals surface area contributed by atoms with E-state index in [1.807, 2.05) is 25.3 Å². The van der Waals surface area contributed by atoms with Crippen LogP contribution in [0.4, 0.5) is 0 Å². The summed E-state index contributed by atoms with van der Waals surface area (Å²) in [4.78, 5) is 25.5. The molecule has 0 aliphatic carbocycles. The van der Waals surface area contributed by atoms with Crippen LogP contribution in [0.25, 0.3) is 0 Å². The van der Waals surface area contributed by atoms with Gasteiger partial charge in [0.25, 0.3) is 5.91 Å². The summed E-state index contributed by atoms with van der Waals surface area (Å²) >= 11 is 8.39. The van der Waals surface area contributed by atoms with Crippen molar-refractivity contribution in [3.05, 3.63) is 38.9 Å². The molecule has 2 unspecified atom stereocenters. The third-order valence-corrected chi connectivity index (χ3v) is 7.76. The number of hydrogen-bond donors (Lipinski definition) is 2. The molecule has 2 amide bonds. The van der Waals surface area contributed by atoms with E-state index in [4.69, 9.17) is 17.3 Å². The van der Waals surface area contributed by atoms with E-state index < -0.39 is 27.8 Å². The van der Waals surface area contributed by atoms with Crippen LogP contribution in [-0.4, -0.2) is 22.1 Å². The highest BCUT2D eigenvalue weighted by Crippen LogP contribution is 2.25. The van der Waals surface area contributed by atoms with Crippen molar-refractivity contribution in [2.45, 2.75) is 36.9 Å². The minimum absolute atomic E-state index is 0.0511. The van der Waals surface area contributed by atoms with Crippen LogP contribution in [0.5, 0.6) is 0 Å². The second-order valence-corrected chi connectivity index (χ2v) is 10.6. The van der Waals surface area contributed by atoms with Crippen molar-refractivity contribution in [2.75, 3.05) is 0 Å². The maximum Gasteiger partial charge on any atom is 0.272 e. The number of hydrogen-bond acceptors (Lipinski definition) is 6. The van der Waals surface area contributed by atoms with Gasteiger partial charge in [0.2, 0.25) is 5.91 Å². The van der Waals surface area contributed by atoms with Gasteiger partial charge >= 0.3 is 0 Å². The second kappa shape index (κ2) is 9.09. The Balaban J connectivity index is 2.30. The van der Waals surface area contributed by atoms with Crippen LogP contribution in [0.1, 0.15) is 25.1 Å². The molecule has 0 aliphatic heterocycles. The molecule has 0 bridgehead atoms. The van der Waals surface area contributed by atoms with E-state index >= 15 is 0 Å². The molecule has 0 aliphatic rings. The fourth-order valence-corrected chi connectivity index (χ4v) is 5.89. The first kappa shape index (κ1) is 21.0. The van der Waals surface area contributed by atoms with Crippen LogP contribution < -0.4 is 10.5 Å². The van der Waals surface area contributed by atoms with E-state index in [2.05, 4.69) is 9.08 Å². The number of nitrogens with one attached hydrogen (secondary N) is 1. The zero-order valence-corrected chi connectivity index (χ0v) is 17.5. The Labute approximate surface area is 166 Å². The van der Waals surface area contributed by atoms with Crippen molar-refractivity contribution in [2.24, 2.45) is 16.0 Å². The Morgan fingerprint density at radius 3 is 2.65 bits per heavy atom. The number of rotatable bonds is 7. The average Bonchev–Trinajstić information content (AvgIpc) is 3.18. The van der Waals surface area contributed by atoms with Gasteiger partial charge in [-0.15, -0.1) is 27.0 Å². The van der Waals surface area contributed by atoms with Gasteiger partial charge < -0.3 is 5.73 Å². The SMILES string of the molecule is CC(C)CC(N)C(=O)N=S(=O)(NC(=O)Cc1cccs1)c1cc(Cl)cs1. The summed E-state index contributed by atoms with van der Waals surface area (Å²) in [6, 6.07) is 4.18. The summed E-state index contributed by atoms with van der Waals surface area (Å²) in [5.74, 6) is -1.01. The van der Waals surface area contributed by atoms with Crippen LogP contribution in [0.15, 0.2) is 37.5 Å². The van der Waals surface area contributed by atoms with Crippen LogP contribution in [0.2, 0.25) is 5.02 Å². The number of thiophene rings is 2. The zero-order valence-electron chi connectivity index (χ0n) is 14.3. The zero-order chi connectivity index (χ0) is 19.3. The lowest BCUT2D eigenvalue weighted by atomic mass is 10.0. The van der Waals surface area contributed by atoms with Gasteiger partial charge in [-0.3, -0.25) is 14.3 Å². The molecule has 26 heavy (non-hydrogen) atoms. The summed E-state index contributed by atoms with van der Waals surface area (Å²) in [5, 5.41) is 3.77. The maximum atomic E-state index is 13.3. The number of halogens is 1. The average molecular weight is 434 g/mol. The fourth-order valence-electron chi connectivity index (χ4n) is 2.12. The minimum atomic E-state index is -3.49. The van der Waals surface area contributed by atoms with E-state index in [1.54, 1.807) is 11.4 Å². The van der Waals surface area contributed by atoms with Crippen molar-refractivity contribution < 1.29 is 13.8 Å². The van der Waals surface area contributed by atoms with E-state index in [1.165, 1.54) is 17.4 Å². The van der Waals surface area contributed by atoms with Gasteiger partial charge in [-0.1, -0.05) is 31.5 Å². The van der Waals surface area contributed by atoms with Crippen molar-refractivity contribution in [3.63, 3.8) is 0 Å². The standard InChI is InChI=1S/C16H20ClN3O3S3/c1-10(2)6-13(18)16(22)20-26(23,15-7-11(17)9-25-15)19-14(21)8-12-4-3-5-24-12/h3-5,7,9-10,13H,6,8,18H2,1-2H3,(H,19,20,21,22,23). The first-order valence-corrected chi connectivity index (χ1v) is 11.5. The highest BCUT2D eigenvalue weighted by atomic mass is 35.5. The molecule has 2 aromatic heterocycles. The van der Waals surface area contributed by atoms with E-state index in [0.29, 0.717) is 11.4 Å². The highest BCUT2D eigenvalue weighted by molar-refractivity contribution is 7.94. The smallest absolute Gasteiger partial charge is 0.272 e. The predicted octanol–water partition coefficient (Wildman–Crippen LogP) is 3.46. The van der Waals surface area contributed by atoms with Gasteiger partial charge in [-0.2, -0.15) is 0 Å². The Morgan fingerprint density at radius 2 is 2.12 bits per heavy atom. The normalized spacial score (nSPS) is 14.7. The van der Waals surface area contributed by atoms with E-state index in [-0.39, 0.29) is 16.5 Å². The molecule has 0 saturated heterocycles.